The molecular weight excluding hydrogens is 218 g/mol. The molecule has 17 heavy (non-hydrogen) atoms. The van der Waals surface area contributed by atoms with Crippen LogP contribution in [0.1, 0.15) is 52.4 Å². The van der Waals surface area contributed by atoms with E-state index in [1.54, 1.807) is 0 Å². The molecular formula is C13H23NO3. The standard InChI is InChI=1S/C13H23NO3/c1-3-10(2)8-11(15)14-9-13(12(16)17)6-4-5-7-13/h10H,3-9H2,1-2H3,(H,14,15)(H,16,17). The van der Waals surface area contributed by atoms with Crippen molar-refractivity contribution in [3.05, 3.63) is 0 Å². The van der Waals surface area contributed by atoms with E-state index >= 15 is 0 Å². The average molecular weight is 241 g/mol. The summed E-state index contributed by atoms with van der Waals surface area (Å²) in [6.45, 7) is 4.37. The Morgan fingerprint density at radius 2 is 1.94 bits per heavy atom. The fourth-order valence-corrected chi connectivity index (χ4v) is 2.32. The number of carbonyl (C=O) groups is 2. The summed E-state index contributed by atoms with van der Waals surface area (Å²) in [6.07, 6.45) is 4.74. The predicted molar refractivity (Wildman–Crippen MR) is 65.6 cm³/mol. The van der Waals surface area contributed by atoms with Gasteiger partial charge in [0, 0.05) is 13.0 Å². The van der Waals surface area contributed by atoms with Crippen LogP contribution in [-0.4, -0.2) is 23.5 Å². The maximum atomic E-state index is 11.6. The van der Waals surface area contributed by atoms with Gasteiger partial charge in [-0.1, -0.05) is 33.1 Å². The van der Waals surface area contributed by atoms with Crippen molar-refractivity contribution in [2.75, 3.05) is 6.54 Å². The Morgan fingerprint density at radius 1 is 1.35 bits per heavy atom. The van der Waals surface area contributed by atoms with Crippen molar-refractivity contribution in [3.63, 3.8) is 0 Å². The molecule has 1 fully saturated rings. The maximum Gasteiger partial charge on any atom is 0.311 e. The highest BCUT2D eigenvalue weighted by Crippen LogP contribution is 2.37. The number of nitrogens with one attached hydrogen (secondary N) is 1. The van der Waals surface area contributed by atoms with E-state index in [1.165, 1.54) is 0 Å². The third kappa shape index (κ3) is 3.72. The van der Waals surface area contributed by atoms with E-state index in [2.05, 4.69) is 5.32 Å². The molecule has 4 nitrogen and oxygen atoms in total. The van der Waals surface area contributed by atoms with Crippen LogP contribution in [0.4, 0.5) is 0 Å². The first kappa shape index (κ1) is 14.0. The summed E-state index contributed by atoms with van der Waals surface area (Å²) in [7, 11) is 0. The van der Waals surface area contributed by atoms with Gasteiger partial charge in [0.15, 0.2) is 0 Å². The van der Waals surface area contributed by atoms with Crippen molar-refractivity contribution < 1.29 is 14.7 Å². The van der Waals surface area contributed by atoms with Crippen LogP contribution in [-0.2, 0) is 9.59 Å². The van der Waals surface area contributed by atoms with E-state index in [0.717, 1.165) is 19.3 Å². The molecule has 0 aromatic rings. The number of carboxylic acid groups (broad SMARTS) is 1. The molecule has 0 aromatic heterocycles. The minimum absolute atomic E-state index is 0.0214. The minimum Gasteiger partial charge on any atom is -0.481 e. The number of rotatable bonds is 6. The molecule has 1 saturated carbocycles. The summed E-state index contributed by atoms with van der Waals surface area (Å²) in [4.78, 5) is 22.9. The van der Waals surface area contributed by atoms with Crippen LogP contribution in [0, 0.1) is 11.3 Å². The van der Waals surface area contributed by atoms with Crippen LogP contribution < -0.4 is 5.32 Å². The Hall–Kier alpha value is -1.06. The molecule has 0 bridgehead atoms. The van der Waals surface area contributed by atoms with Gasteiger partial charge in [-0.3, -0.25) is 9.59 Å². The third-order valence-electron chi connectivity index (χ3n) is 3.87. The molecule has 1 aliphatic carbocycles. The fraction of sp³-hybridized carbons (Fsp3) is 0.846. The maximum absolute atomic E-state index is 11.6. The van der Waals surface area contributed by atoms with E-state index in [9.17, 15) is 14.7 Å². The number of carbonyl (C=O) groups excluding carboxylic acids is 1. The molecule has 1 unspecified atom stereocenters. The first-order chi connectivity index (χ1) is 8.00. The van der Waals surface area contributed by atoms with Crippen LogP contribution in [0.15, 0.2) is 0 Å². The second-order valence-electron chi connectivity index (χ2n) is 5.29. The lowest BCUT2D eigenvalue weighted by atomic mass is 9.86. The zero-order chi connectivity index (χ0) is 12.9. The molecule has 0 spiro atoms. The highest BCUT2D eigenvalue weighted by atomic mass is 16.4. The highest BCUT2D eigenvalue weighted by molar-refractivity contribution is 5.79. The molecule has 0 aromatic carbocycles. The predicted octanol–water partition coefficient (Wildman–Crippen LogP) is 2.18. The van der Waals surface area contributed by atoms with Gasteiger partial charge in [0.05, 0.1) is 5.41 Å². The molecule has 0 radical (unpaired) electrons. The molecule has 1 aliphatic rings. The van der Waals surface area contributed by atoms with E-state index in [1.807, 2.05) is 13.8 Å². The number of hydrogen-bond donors (Lipinski definition) is 2. The van der Waals surface area contributed by atoms with E-state index in [0.29, 0.717) is 25.2 Å². The highest BCUT2D eigenvalue weighted by Gasteiger charge is 2.41. The Morgan fingerprint density at radius 3 is 2.41 bits per heavy atom. The third-order valence-corrected chi connectivity index (χ3v) is 3.87. The first-order valence-electron chi connectivity index (χ1n) is 6.50. The van der Waals surface area contributed by atoms with Gasteiger partial charge in [-0.25, -0.2) is 0 Å². The topological polar surface area (TPSA) is 66.4 Å². The summed E-state index contributed by atoms with van der Waals surface area (Å²) >= 11 is 0. The summed E-state index contributed by atoms with van der Waals surface area (Å²) in [6, 6.07) is 0. The van der Waals surface area contributed by atoms with Crippen molar-refractivity contribution in [2.45, 2.75) is 52.4 Å². The minimum atomic E-state index is -0.765. The summed E-state index contributed by atoms with van der Waals surface area (Å²) in [5.74, 6) is -0.426. The Labute approximate surface area is 103 Å². The second-order valence-corrected chi connectivity index (χ2v) is 5.29. The van der Waals surface area contributed by atoms with Crippen molar-refractivity contribution in [3.8, 4) is 0 Å². The van der Waals surface area contributed by atoms with E-state index < -0.39 is 11.4 Å². The Bertz CT molecular complexity index is 282. The van der Waals surface area contributed by atoms with Crippen molar-refractivity contribution in [1.82, 2.24) is 5.32 Å². The van der Waals surface area contributed by atoms with Crippen molar-refractivity contribution >= 4 is 11.9 Å². The SMILES string of the molecule is CCC(C)CC(=O)NCC1(C(=O)O)CCCC1. The lowest BCUT2D eigenvalue weighted by Gasteiger charge is -2.24. The molecule has 0 aliphatic heterocycles. The van der Waals surface area contributed by atoms with Gasteiger partial charge in [-0.15, -0.1) is 0 Å². The van der Waals surface area contributed by atoms with E-state index in [4.69, 9.17) is 0 Å². The van der Waals surface area contributed by atoms with Crippen molar-refractivity contribution in [1.29, 1.82) is 0 Å². The lowest BCUT2D eigenvalue weighted by molar-refractivity contribution is -0.148. The van der Waals surface area contributed by atoms with Crippen LogP contribution >= 0.6 is 0 Å². The number of aliphatic carboxylic acids is 1. The van der Waals surface area contributed by atoms with Gasteiger partial charge in [0.25, 0.3) is 0 Å². The molecule has 98 valence electrons. The van der Waals surface area contributed by atoms with Gasteiger partial charge >= 0.3 is 5.97 Å². The fourth-order valence-electron chi connectivity index (χ4n) is 2.32. The van der Waals surface area contributed by atoms with Crippen LogP contribution in [0.3, 0.4) is 0 Å². The lowest BCUT2D eigenvalue weighted by Crippen LogP contribution is -2.41. The molecule has 0 heterocycles. The molecule has 0 saturated heterocycles. The largest absolute Gasteiger partial charge is 0.481 e. The normalized spacial score (nSPS) is 19.9. The monoisotopic (exact) mass is 241 g/mol. The van der Waals surface area contributed by atoms with Gasteiger partial charge in [-0.05, 0) is 18.8 Å². The Kier molecular flexibility index (Phi) is 4.97. The molecule has 1 rings (SSSR count). The van der Waals surface area contributed by atoms with Crippen LogP contribution in [0.25, 0.3) is 0 Å². The molecule has 2 N–H and O–H groups in total. The van der Waals surface area contributed by atoms with Crippen LogP contribution in [0.5, 0.6) is 0 Å². The number of amides is 1. The Balaban J connectivity index is 2.42. The van der Waals surface area contributed by atoms with E-state index in [-0.39, 0.29) is 12.5 Å². The molecule has 1 atom stereocenters. The molecule has 4 heteroatoms. The van der Waals surface area contributed by atoms with Gasteiger partial charge < -0.3 is 10.4 Å². The number of hydrogen-bond acceptors (Lipinski definition) is 2. The quantitative estimate of drug-likeness (QED) is 0.749. The second kappa shape index (κ2) is 6.03. The zero-order valence-electron chi connectivity index (χ0n) is 10.8. The van der Waals surface area contributed by atoms with Crippen LogP contribution in [0.2, 0.25) is 0 Å². The van der Waals surface area contributed by atoms with Crippen molar-refractivity contribution in [2.24, 2.45) is 11.3 Å². The summed E-state index contributed by atoms with van der Waals surface area (Å²) < 4.78 is 0. The molecule has 1 amide bonds. The van der Waals surface area contributed by atoms with Gasteiger partial charge in [0.1, 0.15) is 0 Å². The van der Waals surface area contributed by atoms with Gasteiger partial charge in [-0.2, -0.15) is 0 Å². The first-order valence-corrected chi connectivity index (χ1v) is 6.50. The average Bonchev–Trinajstić information content (AvgIpc) is 2.76. The number of carboxylic acids is 1. The zero-order valence-corrected chi connectivity index (χ0v) is 10.8. The van der Waals surface area contributed by atoms with Gasteiger partial charge in [0.2, 0.25) is 5.91 Å². The smallest absolute Gasteiger partial charge is 0.311 e. The summed E-state index contributed by atoms with van der Waals surface area (Å²) in [5, 5.41) is 12.0. The summed E-state index contributed by atoms with van der Waals surface area (Å²) in [5.41, 5.74) is -0.703.